The number of Topliss-reactive ketones (excluding diaryl/α,β-unsaturated/α-hetero) is 1. The van der Waals surface area contributed by atoms with E-state index in [0.29, 0.717) is 24.8 Å². The van der Waals surface area contributed by atoms with Crippen LogP contribution in [-0.4, -0.2) is 40.0 Å². The van der Waals surface area contributed by atoms with E-state index >= 15 is 0 Å². The number of carbonyl (C=O) groups excluding carboxylic acids is 1. The van der Waals surface area contributed by atoms with E-state index in [-0.39, 0.29) is 29.3 Å². The smallest absolute Gasteiger partial charge is 0.526 e. The summed E-state index contributed by atoms with van der Waals surface area (Å²) in [7, 11) is -1.17. The van der Waals surface area contributed by atoms with Crippen molar-refractivity contribution in [2.24, 2.45) is 5.92 Å². The van der Waals surface area contributed by atoms with Gasteiger partial charge in [-0.3, -0.25) is 9.78 Å². The number of benzene rings is 1. The summed E-state index contributed by atoms with van der Waals surface area (Å²) in [6, 6.07) is 11.3. The third kappa shape index (κ3) is 5.55. The van der Waals surface area contributed by atoms with E-state index in [9.17, 15) is 19.7 Å². The van der Waals surface area contributed by atoms with Crippen LogP contribution in [0.4, 0.5) is 0 Å². The predicted octanol–water partition coefficient (Wildman–Crippen LogP) is 3.26. The number of carboxylic acids is 1. The lowest BCUT2D eigenvalue weighted by Gasteiger charge is -2.30. The molecule has 8 heteroatoms. The molecule has 2 heterocycles. The third-order valence-electron chi connectivity index (χ3n) is 6.60. The van der Waals surface area contributed by atoms with E-state index in [1.54, 1.807) is 18.3 Å². The first-order valence-electron chi connectivity index (χ1n) is 11.3. The second-order valence-corrected chi connectivity index (χ2v) is 8.94. The lowest BCUT2D eigenvalue weighted by molar-refractivity contribution is -0.120. The minimum Gasteiger partial charge on any atom is -0.535 e. The molecular weight excluding hydrogens is 407 g/mol. The average molecular weight is 436 g/mol. The fourth-order valence-corrected chi connectivity index (χ4v) is 4.85. The number of fused-ring (bicyclic) bond motifs is 1. The van der Waals surface area contributed by atoms with Gasteiger partial charge in [0.05, 0.1) is 11.3 Å². The molecule has 7 nitrogen and oxygen atoms in total. The molecule has 0 radical (unpaired) electrons. The monoisotopic (exact) mass is 436 g/mol. The van der Waals surface area contributed by atoms with Crippen LogP contribution < -0.4 is 9.97 Å². The summed E-state index contributed by atoms with van der Waals surface area (Å²) >= 11 is 0. The van der Waals surface area contributed by atoms with Crippen LogP contribution in [0.15, 0.2) is 42.6 Å². The van der Waals surface area contributed by atoms with Crippen molar-refractivity contribution in [3.8, 4) is 5.75 Å². The standard InChI is InChI=1S/C24H29BN2O5/c28-21(12-16-7-9-19(10-8-16)27-15-20-5-1-2-11-26-20)14-18-13-17-4-3-6-22(24(29)30)23(17)32-25(18)31/h1-6,11,16,18-19,27,31H,7-10,12-15H2,(H,29,30)/t16?,18-,19?/m1/s1. The summed E-state index contributed by atoms with van der Waals surface area (Å²) in [5, 5.41) is 23.3. The molecule has 32 heavy (non-hydrogen) atoms. The van der Waals surface area contributed by atoms with Crippen LogP contribution in [0.5, 0.6) is 5.75 Å². The van der Waals surface area contributed by atoms with E-state index in [4.69, 9.17) is 4.65 Å². The molecule has 0 spiro atoms. The molecule has 2 aromatic rings. The van der Waals surface area contributed by atoms with Crippen molar-refractivity contribution in [1.82, 2.24) is 10.3 Å². The van der Waals surface area contributed by atoms with Gasteiger partial charge in [0.15, 0.2) is 0 Å². The maximum Gasteiger partial charge on any atom is 0.526 e. The van der Waals surface area contributed by atoms with E-state index in [1.165, 1.54) is 6.07 Å². The SMILES string of the molecule is O=C(CC1CCC(NCc2ccccn2)CC1)C[C@H]1Cc2cccc(C(=O)O)c2OB1O. The van der Waals surface area contributed by atoms with Crippen molar-refractivity contribution in [3.63, 3.8) is 0 Å². The van der Waals surface area contributed by atoms with Crippen molar-refractivity contribution in [1.29, 1.82) is 0 Å². The van der Waals surface area contributed by atoms with Gasteiger partial charge in [-0.1, -0.05) is 18.2 Å². The topological polar surface area (TPSA) is 109 Å². The number of para-hydroxylation sites is 1. The highest BCUT2D eigenvalue weighted by molar-refractivity contribution is 6.47. The summed E-state index contributed by atoms with van der Waals surface area (Å²) in [6.07, 6.45) is 7.13. The van der Waals surface area contributed by atoms with Gasteiger partial charge in [-0.25, -0.2) is 4.79 Å². The summed E-state index contributed by atoms with van der Waals surface area (Å²) in [5.74, 6) is -0.708. The number of nitrogens with one attached hydrogen (secondary N) is 1. The molecule has 1 aromatic carbocycles. The first kappa shape index (κ1) is 22.5. The second-order valence-electron chi connectivity index (χ2n) is 8.94. The van der Waals surface area contributed by atoms with E-state index in [0.717, 1.165) is 43.5 Å². The van der Waals surface area contributed by atoms with Gasteiger partial charge in [-0.05, 0) is 61.8 Å². The highest BCUT2D eigenvalue weighted by Gasteiger charge is 2.38. The summed E-state index contributed by atoms with van der Waals surface area (Å²) in [6.45, 7) is 0.764. The molecule has 1 saturated carbocycles. The minimum absolute atomic E-state index is 0.0414. The van der Waals surface area contributed by atoms with Crippen molar-refractivity contribution in [3.05, 3.63) is 59.4 Å². The Morgan fingerprint density at radius 2 is 1.91 bits per heavy atom. The maximum absolute atomic E-state index is 12.7. The Morgan fingerprint density at radius 3 is 2.62 bits per heavy atom. The molecule has 3 N–H and O–H groups in total. The molecule has 1 aromatic heterocycles. The van der Waals surface area contributed by atoms with Gasteiger partial charge in [-0.15, -0.1) is 0 Å². The van der Waals surface area contributed by atoms with Crippen molar-refractivity contribution < 1.29 is 24.4 Å². The zero-order valence-electron chi connectivity index (χ0n) is 18.1. The minimum atomic E-state index is -1.17. The average Bonchev–Trinajstić information content (AvgIpc) is 2.79. The van der Waals surface area contributed by atoms with Crippen LogP contribution in [0.2, 0.25) is 5.82 Å². The number of hydrogen-bond acceptors (Lipinski definition) is 6. The van der Waals surface area contributed by atoms with Crippen molar-refractivity contribution in [2.45, 2.75) is 63.3 Å². The van der Waals surface area contributed by atoms with Crippen LogP contribution >= 0.6 is 0 Å². The number of carbonyl (C=O) groups is 2. The summed E-state index contributed by atoms with van der Waals surface area (Å²) in [5.41, 5.74) is 1.81. The molecule has 0 amide bonds. The van der Waals surface area contributed by atoms with E-state index < -0.39 is 13.1 Å². The number of hydrogen-bond donors (Lipinski definition) is 3. The van der Waals surface area contributed by atoms with Crippen LogP contribution in [0.25, 0.3) is 0 Å². The largest absolute Gasteiger partial charge is 0.535 e. The van der Waals surface area contributed by atoms with Gasteiger partial charge >= 0.3 is 13.1 Å². The van der Waals surface area contributed by atoms with Gasteiger partial charge in [0, 0.05) is 37.4 Å². The second kappa shape index (κ2) is 10.3. The third-order valence-corrected chi connectivity index (χ3v) is 6.60. The maximum atomic E-state index is 12.7. The van der Waals surface area contributed by atoms with Crippen molar-refractivity contribution in [2.75, 3.05) is 0 Å². The highest BCUT2D eigenvalue weighted by atomic mass is 16.5. The van der Waals surface area contributed by atoms with Crippen molar-refractivity contribution >= 4 is 18.9 Å². The molecule has 1 aliphatic carbocycles. The number of nitrogens with zero attached hydrogens (tertiary/aromatic N) is 1. The van der Waals surface area contributed by atoms with Gasteiger partial charge in [-0.2, -0.15) is 0 Å². The number of aromatic nitrogens is 1. The lowest BCUT2D eigenvalue weighted by atomic mass is 9.64. The quantitative estimate of drug-likeness (QED) is 0.545. The van der Waals surface area contributed by atoms with Crippen LogP contribution in [0, 0.1) is 5.92 Å². The molecule has 0 unspecified atom stereocenters. The Hall–Kier alpha value is -2.71. The van der Waals surface area contributed by atoms with Gasteiger partial charge in [0.25, 0.3) is 0 Å². The Balaban J connectivity index is 1.23. The van der Waals surface area contributed by atoms with Gasteiger partial charge < -0.3 is 20.1 Å². The Labute approximate surface area is 188 Å². The first-order valence-corrected chi connectivity index (χ1v) is 11.3. The van der Waals surface area contributed by atoms with Gasteiger partial charge in [0.1, 0.15) is 11.5 Å². The number of ketones is 1. The number of carboxylic acid groups (broad SMARTS) is 1. The fourth-order valence-electron chi connectivity index (χ4n) is 4.85. The molecule has 1 fully saturated rings. The normalized spacial score (nSPS) is 22.7. The molecule has 168 valence electrons. The zero-order valence-corrected chi connectivity index (χ0v) is 18.1. The lowest BCUT2D eigenvalue weighted by Crippen LogP contribution is -2.36. The zero-order chi connectivity index (χ0) is 22.5. The molecule has 4 rings (SSSR count). The number of aromatic carboxylic acids is 1. The van der Waals surface area contributed by atoms with E-state index in [1.807, 2.05) is 18.2 Å². The van der Waals surface area contributed by atoms with Crippen LogP contribution in [-0.2, 0) is 17.8 Å². The fraction of sp³-hybridized carbons (Fsp3) is 0.458. The van der Waals surface area contributed by atoms with Crippen LogP contribution in [0.3, 0.4) is 0 Å². The van der Waals surface area contributed by atoms with E-state index in [2.05, 4.69) is 10.3 Å². The Morgan fingerprint density at radius 1 is 1.09 bits per heavy atom. The molecule has 0 bridgehead atoms. The molecule has 0 saturated heterocycles. The Bertz CT molecular complexity index is 947. The highest BCUT2D eigenvalue weighted by Crippen LogP contribution is 2.37. The van der Waals surface area contributed by atoms with Gasteiger partial charge in [0.2, 0.25) is 0 Å². The Kier molecular flexibility index (Phi) is 7.22. The molecular formula is C24H29BN2O5. The first-order chi connectivity index (χ1) is 15.5. The summed E-state index contributed by atoms with van der Waals surface area (Å²) < 4.78 is 5.51. The molecule has 1 atom stereocenters. The predicted molar refractivity (Wildman–Crippen MR) is 121 cm³/mol. The van der Waals surface area contributed by atoms with Crippen LogP contribution in [0.1, 0.15) is 60.1 Å². The number of pyridine rings is 1. The molecule has 1 aliphatic heterocycles. The summed E-state index contributed by atoms with van der Waals surface area (Å²) in [4.78, 5) is 28.4. The number of rotatable bonds is 8. The molecule has 2 aliphatic rings.